The second-order valence-corrected chi connectivity index (χ2v) is 7.79. The number of fused-ring (bicyclic) bond motifs is 5. The normalized spacial score (nSPS) is 12.3. The minimum atomic E-state index is -0.546. The van der Waals surface area contributed by atoms with E-state index >= 15 is 0 Å². The number of hydrogen-bond donors (Lipinski definition) is 1. The van der Waals surface area contributed by atoms with E-state index in [1.807, 2.05) is 24.5 Å². The number of rotatable bonds is 6. The fourth-order valence-electron chi connectivity index (χ4n) is 3.76. The van der Waals surface area contributed by atoms with E-state index in [9.17, 15) is 19.7 Å². The van der Waals surface area contributed by atoms with Gasteiger partial charge in [0, 0.05) is 46.6 Å². The van der Waals surface area contributed by atoms with Gasteiger partial charge in [-0.25, -0.2) is 4.84 Å². The van der Waals surface area contributed by atoms with Gasteiger partial charge in [0.05, 0.1) is 21.6 Å². The Morgan fingerprint density at radius 1 is 1.14 bits per heavy atom. The van der Waals surface area contributed by atoms with Gasteiger partial charge in [0.1, 0.15) is 0 Å². The van der Waals surface area contributed by atoms with Gasteiger partial charge < -0.3 is 4.57 Å². The summed E-state index contributed by atoms with van der Waals surface area (Å²) in [7, 11) is 0. The standard InChI is InChI=1S/C20H16ClN3O4S/c1-29-12-4-6-14-15(10-12)19(25)17-13-5-3-11(24(27)28)9-16(13)20(26)23(18(14)17)8-2-7-22-21/h3-6,9-10,22H,2,7-8H2,1H3. The van der Waals surface area contributed by atoms with E-state index in [4.69, 9.17) is 11.8 Å². The number of ketones is 1. The van der Waals surface area contributed by atoms with Crippen molar-refractivity contribution in [1.82, 2.24) is 9.40 Å². The number of nitrogens with zero attached hydrogens (tertiary/aromatic N) is 2. The Labute approximate surface area is 174 Å². The molecule has 0 amide bonds. The average molecular weight is 430 g/mol. The lowest BCUT2D eigenvalue weighted by molar-refractivity contribution is -0.384. The van der Waals surface area contributed by atoms with Gasteiger partial charge in [-0.15, -0.1) is 11.8 Å². The van der Waals surface area contributed by atoms with E-state index in [1.54, 1.807) is 0 Å². The van der Waals surface area contributed by atoms with Crippen LogP contribution in [-0.2, 0) is 6.54 Å². The summed E-state index contributed by atoms with van der Waals surface area (Å²) in [5.41, 5.74) is 1.70. The van der Waals surface area contributed by atoms with Gasteiger partial charge in [-0.05, 0) is 42.7 Å². The molecule has 1 aliphatic rings. The van der Waals surface area contributed by atoms with Gasteiger partial charge in [-0.3, -0.25) is 19.7 Å². The predicted octanol–water partition coefficient (Wildman–Crippen LogP) is 3.98. The lowest BCUT2D eigenvalue weighted by Gasteiger charge is -2.15. The number of nitro groups is 1. The molecule has 2 aromatic carbocycles. The lowest BCUT2D eigenvalue weighted by atomic mass is 10.0. The molecule has 1 N–H and O–H groups in total. The van der Waals surface area contributed by atoms with E-state index < -0.39 is 4.92 Å². The first-order valence-electron chi connectivity index (χ1n) is 8.89. The van der Waals surface area contributed by atoms with Gasteiger partial charge in [0.25, 0.3) is 11.2 Å². The fourth-order valence-corrected chi connectivity index (χ4v) is 4.33. The topological polar surface area (TPSA) is 94.2 Å². The molecular weight excluding hydrogens is 414 g/mol. The molecule has 9 heteroatoms. The van der Waals surface area contributed by atoms with Gasteiger partial charge in [-0.2, -0.15) is 0 Å². The molecule has 0 spiro atoms. The molecule has 1 aromatic heterocycles. The van der Waals surface area contributed by atoms with Crippen LogP contribution in [0.1, 0.15) is 22.3 Å². The first-order chi connectivity index (χ1) is 14.0. The Kier molecular flexibility index (Phi) is 5.16. The maximum absolute atomic E-state index is 13.3. The Bertz CT molecular complexity index is 1240. The average Bonchev–Trinajstić information content (AvgIpc) is 3.02. The molecule has 29 heavy (non-hydrogen) atoms. The molecule has 0 unspecified atom stereocenters. The highest BCUT2D eigenvalue weighted by Gasteiger charge is 2.33. The zero-order valence-electron chi connectivity index (χ0n) is 15.4. The second-order valence-electron chi connectivity index (χ2n) is 6.65. The number of pyridine rings is 1. The third-order valence-electron chi connectivity index (χ3n) is 5.07. The van der Waals surface area contributed by atoms with Gasteiger partial charge >= 0.3 is 0 Å². The third-order valence-corrected chi connectivity index (χ3v) is 5.99. The Morgan fingerprint density at radius 3 is 2.62 bits per heavy atom. The van der Waals surface area contributed by atoms with Crippen molar-refractivity contribution in [2.24, 2.45) is 0 Å². The minimum absolute atomic E-state index is 0.169. The van der Waals surface area contributed by atoms with E-state index in [2.05, 4.69) is 4.84 Å². The number of carbonyl (C=O) groups is 1. The van der Waals surface area contributed by atoms with Crippen LogP contribution in [0.3, 0.4) is 0 Å². The molecule has 1 heterocycles. The van der Waals surface area contributed by atoms with Crippen LogP contribution in [0.5, 0.6) is 0 Å². The summed E-state index contributed by atoms with van der Waals surface area (Å²) in [4.78, 5) is 40.7. The lowest BCUT2D eigenvalue weighted by Crippen LogP contribution is -2.24. The highest BCUT2D eigenvalue weighted by atomic mass is 35.5. The maximum Gasteiger partial charge on any atom is 0.270 e. The van der Waals surface area contributed by atoms with E-state index in [0.29, 0.717) is 47.3 Å². The summed E-state index contributed by atoms with van der Waals surface area (Å²) in [5, 5.41) is 11.8. The molecular formula is C20H16ClN3O4S. The summed E-state index contributed by atoms with van der Waals surface area (Å²) in [6, 6.07) is 9.68. The smallest absolute Gasteiger partial charge is 0.270 e. The Balaban J connectivity index is 2.06. The molecule has 0 saturated carbocycles. The number of halogens is 1. The highest BCUT2D eigenvalue weighted by molar-refractivity contribution is 7.98. The van der Waals surface area contributed by atoms with Crippen LogP contribution in [-0.4, -0.2) is 28.1 Å². The molecule has 0 aliphatic heterocycles. The Hall–Kier alpha value is -2.68. The molecule has 3 aromatic rings. The van der Waals surface area contributed by atoms with Crippen LogP contribution in [0.15, 0.2) is 46.1 Å². The largest absolute Gasteiger partial charge is 0.307 e. The number of nitro benzene ring substituents is 1. The number of benzene rings is 2. The van der Waals surface area contributed by atoms with E-state index in [1.165, 1.54) is 34.5 Å². The molecule has 148 valence electrons. The molecule has 0 radical (unpaired) electrons. The van der Waals surface area contributed by atoms with Crippen molar-refractivity contribution < 1.29 is 9.72 Å². The highest BCUT2D eigenvalue weighted by Crippen LogP contribution is 2.41. The van der Waals surface area contributed by atoms with Crippen LogP contribution in [0.2, 0.25) is 0 Å². The molecule has 1 aliphatic carbocycles. The predicted molar refractivity (Wildman–Crippen MR) is 114 cm³/mol. The van der Waals surface area contributed by atoms with Crippen LogP contribution in [0.4, 0.5) is 5.69 Å². The van der Waals surface area contributed by atoms with E-state index in [-0.39, 0.29) is 22.4 Å². The number of non-ortho nitro benzene ring substituents is 1. The van der Waals surface area contributed by atoms with Crippen molar-refractivity contribution in [3.8, 4) is 11.3 Å². The Morgan fingerprint density at radius 2 is 1.93 bits per heavy atom. The number of thioether (sulfide) groups is 1. The van der Waals surface area contributed by atoms with Crippen LogP contribution in [0, 0.1) is 10.1 Å². The fraction of sp³-hybridized carbons (Fsp3) is 0.200. The van der Waals surface area contributed by atoms with Gasteiger partial charge in [0.15, 0.2) is 5.78 Å². The van der Waals surface area contributed by atoms with Crippen molar-refractivity contribution in [3.05, 3.63) is 68.0 Å². The first-order valence-corrected chi connectivity index (χ1v) is 10.5. The van der Waals surface area contributed by atoms with Crippen molar-refractivity contribution in [1.29, 1.82) is 0 Å². The second kappa shape index (κ2) is 7.62. The molecule has 4 rings (SSSR count). The van der Waals surface area contributed by atoms with Crippen molar-refractivity contribution in [2.45, 2.75) is 17.9 Å². The van der Waals surface area contributed by atoms with E-state index in [0.717, 1.165) is 4.90 Å². The number of nitrogens with one attached hydrogen (secondary N) is 1. The molecule has 0 fully saturated rings. The maximum atomic E-state index is 13.3. The van der Waals surface area contributed by atoms with Crippen molar-refractivity contribution in [2.75, 3.05) is 12.8 Å². The van der Waals surface area contributed by atoms with Crippen LogP contribution >= 0.6 is 23.5 Å². The molecule has 0 bridgehead atoms. The monoisotopic (exact) mass is 429 g/mol. The number of aromatic nitrogens is 1. The number of carbonyl (C=O) groups excluding carboxylic acids is 1. The SMILES string of the molecule is CSc1ccc2c(c1)C(=O)c1c-2n(CCCNCl)c(=O)c2cc([N+](=O)[O-])ccc12. The van der Waals surface area contributed by atoms with Crippen LogP contribution < -0.4 is 10.4 Å². The zero-order valence-corrected chi connectivity index (χ0v) is 17.0. The first kappa shape index (κ1) is 19.6. The van der Waals surface area contributed by atoms with Gasteiger partial charge in [-0.1, -0.05) is 6.07 Å². The molecule has 0 atom stereocenters. The van der Waals surface area contributed by atoms with Crippen molar-refractivity contribution in [3.63, 3.8) is 0 Å². The van der Waals surface area contributed by atoms with Gasteiger partial charge in [0.2, 0.25) is 0 Å². The summed E-state index contributed by atoms with van der Waals surface area (Å²) >= 11 is 7.07. The summed E-state index contributed by atoms with van der Waals surface area (Å²) in [6.07, 6.45) is 2.49. The van der Waals surface area contributed by atoms with Crippen molar-refractivity contribution >= 4 is 45.8 Å². The molecule has 0 saturated heterocycles. The summed E-state index contributed by atoms with van der Waals surface area (Å²) in [6.45, 7) is 0.804. The summed E-state index contributed by atoms with van der Waals surface area (Å²) < 4.78 is 1.54. The molecule has 7 nitrogen and oxygen atoms in total. The third kappa shape index (κ3) is 3.13. The number of hydrogen-bond acceptors (Lipinski definition) is 6. The summed E-state index contributed by atoms with van der Waals surface area (Å²) in [5.74, 6) is -0.172. The zero-order chi connectivity index (χ0) is 20.7. The van der Waals surface area contributed by atoms with Crippen LogP contribution in [0.25, 0.3) is 22.0 Å². The quantitative estimate of drug-likeness (QED) is 0.164. The minimum Gasteiger partial charge on any atom is -0.307 e.